The zero-order valence-corrected chi connectivity index (χ0v) is 11.2. The summed E-state index contributed by atoms with van der Waals surface area (Å²) in [5, 5.41) is 2.88. The number of amides is 1. The third-order valence-electron chi connectivity index (χ3n) is 2.84. The minimum Gasteiger partial charge on any atom is -0.377 e. The molecule has 0 radical (unpaired) electrons. The first-order chi connectivity index (χ1) is 8.08. The quantitative estimate of drug-likeness (QED) is 0.655. The zero-order valence-electron chi connectivity index (χ0n) is 11.2. The van der Waals surface area contributed by atoms with E-state index in [0.717, 1.165) is 26.2 Å². The van der Waals surface area contributed by atoms with E-state index in [4.69, 9.17) is 4.74 Å². The first-order valence-electron chi connectivity index (χ1n) is 6.37. The average Bonchev–Trinajstić information content (AvgIpc) is 2.27. The fraction of sp³-hybridized carbons (Fsp3) is 0.917. The van der Waals surface area contributed by atoms with Crippen molar-refractivity contribution in [3.63, 3.8) is 0 Å². The van der Waals surface area contributed by atoms with E-state index in [1.807, 2.05) is 13.8 Å². The Labute approximate surface area is 104 Å². The molecule has 1 saturated heterocycles. The van der Waals surface area contributed by atoms with Crippen LogP contribution in [0.1, 0.15) is 13.8 Å². The second-order valence-electron chi connectivity index (χ2n) is 4.85. The van der Waals surface area contributed by atoms with E-state index in [2.05, 4.69) is 22.2 Å². The maximum Gasteiger partial charge on any atom is 0.234 e. The van der Waals surface area contributed by atoms with Crippen LogP contribution in [-0.4, -0.2) is 74.7 Å². The maximum atomic E-state index is 11.6. The molecule has 0 aromatic heterocycles. The second-order valence-corrected chi connectivity index (χ2v) is 4.85. The molecule has 0 aromatic carbocycles. The summed E-state index contributed by atoms with van der Waals surface area (Å²) < 4.78 is 5.36. The highest BCUT2D eigenvalue weighted by Gasteiger charge is 2.15. The Morgan fingerprint density at radius 2 is 1.94 bits per heavy atom. The average molecular weight is 243 g/mol. The van der Waals surface area contributed by atoms with Gasteiger partial charge in [0.15, 0.2) is 0 Å². The molecule has 0 aromatic rings. The van der Waals surface area contributed by atoms with Gasteiger partial charge in [-0.1, -0.05) is 0 Å². The summed E-state index contributed by atoms with van der Waals surface area (Å²) >= 11 is 0. The summed E-state index contributed by atoms with van der Waals surface area (Å²) in [6, 6.07) is 0. The van der Waals surface area contributed by atoms with E-state index in [-0.39, 0.29) is 12.0 Å². The van der Waals surface area contributed by atoms with Gasteiger partial charge < -0.3 is 15.0 Å². The SMILES string of the molecule is CC(C)OCCNC(=O)CN1CCN(C)CC1. The van der Waals surface area contributed by atoms with Gasteiger partial charge in [0.05, 0.1) is 19.3 Å². The number of piperazine rings is 1. The van der Waals surface area contributed by atoms with E-state index in [0.29, 0.717) is 19.7 Å². The van der Waals surface area contributed by atoms with Crippen LogP contribution in [0.15, 0.2) is 0 Å². The van der Waals surface area contributed by atoms with Gasteiger partial charge in [-0.3, -0.25) is 9.69 Å². The Hall–Kier alpha value is -0.650. The number of hydrogen-bond donors (Lipinski definition) is 1. The summed E-state index contributed by atoms with van der Waals surface area (Å²) in [6.07, 6.45) is 0.226. The van der Waals surface area contributed by atoms with Crippen molar-refractivity contribution in [3.05, 3.63) is 0 Å². The molecule has 5 heteroatoms. The summed E-state index contributed by atoms with van der Waals surface area (Å²) in [5.41, 5.74) is 0. The van der Waals surface area contributed by atoms with Gasteiger partial charge in [0, 0.05) is 32.7 Å². The highest BCUT2D eigenvalue weighted by molar-refractivity contribution is 5.77. The molecule has 17 heavy (non-hydrogen) atoms. The smallest absolute Gasteiger partial charge is 0.234 e. The van der Waals surface area contributed by atoms with Gasteiger partial charge in [-0.2, -0.15) is 0 Å². The third-order valence-corrected chi connectivity index (χ3v) is 2.84. The summed E-state index contributed by atoms with van der Waals surface area (Å²) in [5.74, 6) is 0.0990. The van der Waals surface area contributed by atoms with E-state index in [1.165, 1.54) is 0 Å². The van der Waals surface area contributed by atoms with Crippen molar-refractivity contribution in [2.24, 2.45) is 0 Å². The molecule has 1 amide bonds. The number of nitrogens with one attached hydrogen (secondary N) is 1. The van der Waals surface area contributed by atoms with E-state index in [1.54, 1.807) is 0 Å². The van der Waals surface area contributed by atoms with Gasteiger partial charge >= 0.3 is 0 Å². The third kappa shape index (κ3) is 6.61. The summed E-state index contributed by atoms with van der Waals surface area (Å²) in [7, 11) is 2.11. The van der Waals surface area contributed by atoms with E-state index in [9.17, 15) is 4.79 Å². The van der Waals surface area contributed by atoms with Gasteiger partial charge in [-0.25, -0.2) is 0 Å². The van der Waals surface area contributed by atoms with Crippen LogP contribution < -0.4 is 5.32 Å². The molecular weight excluding hydrogens is 218 g/mol. The highest BCUT2D eigenvalue weighted by atomic mass is 16.5. The Balaban J connectivity index is 2.04. The molecule has 100 valence electrons. The van der Waals surface area contributed by atoms with Crippen LogP contribution in [0, 0.1) is 0 Å². The second kappa shape index (κ2) is 7.63. The van der Waals surface area contributed by atoms with Crippen LogP contribution in [0.2, 0.25) is 0 Å². The van der Waals surface area contributed by atoms with Crippen molar-refractivity contribution in [1.82, 2.24) is 15.1 Å². The van der Waals surface area contributed by atoms with Crippen molar-refractivity contribution in [2.75, 3.05) is 52.9 Å². The molecule has 0 bridgehead atoms. The molecule has 0 saturated carbocycles. The molecule has 0 spiro atoms. The number of nitrogens with zero attached hydrogens (tertiary/aromatic N) is 2. The number of likely N-dealkylation sites (N-methyl/N-ethyl adjacent to an activating group) is 1. The Kier molecular flexibility index (Phi) is 6.47. The van der Waals surface area contributed by atoms with Crippen LogP contribution in [0.25, 0.3) is 0 Å². The van der Waals surface area contributed by atoms with Gasteiger partial charge in [0.2, 0.25) is 5.91 Å². The van der Waals surface area contributed by atoms with Crippen LogP contribution in [0.5, 0.6) is 0 Å². The predicted octanol–water partition coefficient (Wildman–Crippen LogP) is -0.225. The predicted molar refractivity (Wildman–Crippen MR) is 68.0 cm³/mol. The minimum atomic E-state index is 0.0990. The molecule has 1 fully saturated rings. The molecule has 0 unspecified atom stereocenters. The topological polar surface area (TPSA) is 44.8 Å². The van der Waals surface area contributed by atoms with Crippen molar-refractivity contribution in [3.8, 4) is 0 Å². The normalized spacial score (nSPS) is 18.6. The number of carbonyl (C=O) groups excluding carboxylic acids is 1. The Morgan fingerprint density at radius 1 is 1.29 bits per heavy atom. The van der Waals surface area contributed by atoms with Crippen molar-refractivity contribution >= 4 is 5.91 Å². The Morgan fingerprint density at radius 3 is 2.53 bits per heavy atom. The van der Waals surface area contributed by atoms with Crippen LogP contribution in [0.3, 0.4) is 0 Å². The molecular formula is C12H25N3O2. The molecule has 1 aliphatic heterocycles. The lowest BCUT2D eigenvalue weighted by atomic mass is 10.3. The number of rotatable bonds is 6. The fourth-order valence-corrected chi connectivity index (χ4v) is 1.75. The van der Waals surface area contributed by atoms with Crippen molar-refractivity contribution in [1.29, 1.82) is 0 Å². The van der Waals surface area contributed by atoms with Gasteiger partial charge in [-0.05, 0) is 20.9 Å². The number of hydrogen-bond acceptors (Lipinski definition) is 4. The van der Waals surface area contributed by atoms with Crippen molar-refractivity contribution < 1.29 is 9.53 Å². The van der Waals surface area contributed by atoms with Gasteiger partial charge in [-0.15, -0.1) is 0 Å². The molecule has 0 atom stereocenters. The Bertz CT molecular complexity index is 226. The lowest BCUT2D eigenvalue weighted by molar-refractivity contribution is -0.122. The molecule has 1 aliphatic rings. The lowest BCUT2D eigenvalue weighted by Gasteiger charge is -2.31. The van der Waals surface area contributed by atoms with Crippen molar-refractivity contribution in [2.45, 2.75) is 20.0 Å². The largest absolute Gasteiger partial charge is 0.377 e. The van der Waals surface area contributed by atoms with Gasteiger partial charge in [0.25, 0.3) is 0 Å². The monoisotopic (exact) mass is 243 g/mol. The van der Waals surface area contributed by atoms with Gasteiger partial charge in [0.1, 0.15) is 0 Å². The first kappa shape index (κ1) is 14.4. The van der Waals surface area contributed by atoms with E-state index < -0.39 is 0 Å². The highest BCUT2D eigenvalue weighted by Crippen LogP contribution is 1.97. The molecule has 5 nitrogen and oxygen atoms in total. The lowest BCUT2D eigenvalue weighted by Crippen LogP contribution is -2.48. The maximum absolute atomic E-state index is 11.6. The van der Waals surface area contributed by atoms with Crippen LogP contribution >= 0.6 is 0 Å². The first-order valence-corrected chi connectivity index (χ1v) is 6.37. The molecule has 1 N–H and O–H groups in total. The zero-order chi connectivity index (χ0) is 12.7. The van der Waals surface area contributed by atoms with Crippen LogP contribution in [0.4, 0.5) is 0 Å². The molecule has 1 rings (SSSR count). The minimum absolute atomic E-state index is 0.0990. The summed E-state index contributed by atoms with van der Waals surface area (Å²) in [4.78, 5) is 16.1. The number of carbonyl (C=O) groups is 1. The molecule has 0 aliphatic carbocycles. The molecule has 1 heterocycles. The fourth-order valence-electron chi connectivity index (χ4n) is 1.75. The summed E-state index contributed by atoms with van der Waals surface area (Å²) in [6.45, 7) is 9.73. The van der Waals surface area contributed by atoms with Crippen LogP contribution in [-0.2, 0) is 9.53 Å². The standard InChI is InChI=1S/C12H25N3O2/c1-11(2)17-9-4-13-12(16)10-15-7-5-14(3)6-8-15/h11H,4-10H2,1-3H3,(H,13,16). The van der Waals surface area contributed by atoms with E-state index >= 15 is 0 Å². The number of ether oxygens (including phenoxy) is 1.